The van der Waals surface area contributed by atoms with Crippen LogP contribution < -0.4 is 4.72 Å². The maximum Gasteiger partial charge on any atom is 0.269 e. The first kappa shape index (κ1) is 16.4. The predicted octanol–water partition coefficient (Wildman–Crippen LogP) is 1.97. The lowest BCUT2D eigenvalue weighted by molar-refractivity contribution is -0.384. The molecule has 7 nitrogen and oxygen atoms in total. The molecule has 0 aromatic heterocycles. The molecule has 2 fully saturated rings. The molecule has 126 valence electrons. The number of ether oxygens (including phenoxy) is 1. The van der Waals surface area contributed by atoms with E-state index in [1.54, 1.807) is 0 Å². The minimum Gasteiger partial charge on any atom is -0.376 e. The summed E-state index contributed by atoms with van der Waals surface area (Å²) >= 11 is 0. The van der Waals surface area contributed by atoms with Crippen molar-refractivity contribution in [2.24, 2.45) is 5.92 Å². The van der Waals surface area contributed by atoms with Crippen LogP contribution in [0.2, 0.25) is 0 Å². The molecule has 0 bridgehead atoms. The first-order valence-corrected chi connectivity index (χ1v) is 9.31. The summed E-state index contributed by atoms with van der Waals surface area (Å²) in [6, 6.07) is 5.59. The summed E-state index contributed by atoms with van der Waals surface area (Å²) in [6.07, 6.45) is 2.77. The average Bonchev–Trinajstić information content (AvgIpc) is 3.22. The number of hydrogen-bond acceptors (Lipinski definition) is 5. The number of sulfonamides is 1. The number of benzene rings is 1. The zero-order chi connectivity index (χ0) is 16.7. The highest BCUT2D eigenvalue weighted by Crippen LogP contribution is 2.43. The van der Waals surface area contributed by atoms with Gasteiger partial charge in [-0.25, -0.2) is 13.1 Å². The largest absolute Gasteiger partial charge is 0.376 e. The second kappa shape index (κ2) is 5.85. The molecule has 1 aromatic carbocycles. The van der Waals surface area contributed by atoms with Gasteiger partial charge in [0.25, 0.3) is 5.69 Å². The summed E-state index contributed by atoms with van der Waals surface area (Å²) in [4.78, 5) is 10.1. The van der Waals surface area contributed by atoms with E-state index in [-0.39, 0.29) is 17.5 Å². The van der Waals surface area contributed by atoms with Gasteiger partial charge in [-0.05, 0) is 37.7 Å². The quantitative estimate of drug-likeness (QED) is 0.630. The Morgan fingerprint density at radius 1 is 1.35 bits per heavy atom. The lowest BCUT2D eigenvalue weighted by atomic mass is 9.92. The van der Waals surface area contributed by atoms with Gasteiger partial charge >= 0.3 is 0 Å². The normalized spacial score (nSPS) is 28.0. The highest BCUT2D eigenvalue weighted by Gasteiger charge is 2.49. The number of nitro benzene ring substituents is 1. The van der Waals surface area contributed by atoms with Crippen LogP contribution in [0.3, 0.4) is 0 Å². The number of non-ortho nitro benzene ring substituents is 1. The van der Waals surface area contributed by atoms with E-state index in [2.05, 4.69) is 4.72 Å². The summed E-state index contributed by atoms with van der Waals surface area (Å²) in [6.45, 7) is 2.47. The third-order valence-corrected chi connectivity index (χ3v) is 5.98. The minimum atomic E-state index is -3.55. The first-order valence-electron chi connectivity index (χ1n) is 7.66. The predicted molar refractivity (Wildman–Crippen MR) is 84.3 cm³/mol. The van der Waals surface area contributed by atoms with Gasteiger partial charge in [-0.2, -0.15) is 0 Å². The number of nitro groups is 1. The smallest absolute Gasteiger partial charge is 0.269 e. The van der Waals surface area contributed by atoms with Crippen molar-refractivity contribution in [3.63, 3.8) is 0 Å². The molecule has 1 saturated heterocycles. The van der Waals surface area contributed by atoms with Gasteiger partial charge in [0.15, 0.2) is 0 Å². The Labute approximate surface area is 135 Å². The monoisotopic (exact) mass is 340 g/mol. The lowest BCUT2D eigenvalue weighted by Crippen LogP contribution is -2.52. The van der Waals surface area contributed by atoms with E-state index in [0.29, 0.717) is 24.5 Å². The van der Waals surface area contributed by atoms with E-state index in [9.17, 15) is 18.5 Å². The van der Waals surface area contributed by atoms with Gasteiger partial charge in [-0.15, -0.1) is 0 Å². The van der Waals surface area contributed by atoms with Crippen molar-refractivity contribution in [1.82, 2.24) is 4.72 Å². The van der Waals surface area contributed by atoms with Crippen molar-refractivity contribution in [3.8, 4) is 0 Å². The fraction of sp³-hybridized carbons (Fsp3) is 0.600. The second-order valence-electron chi connectivity index (χ2n) is 6.58. The molecule has 23 heavy (non-hydrogen) atoms. The standard InChI is InChI=1S/C15H20N2O5S/c1-15(8-9-22-14(15)12-4-5-12)16-23(20,21)10-11-2-6-13(7-3-11)17(18)19/h2-3,6-7,12,14,16H,4-5,8-10H2,1H3/t14-,15-/m0/s1. The van der Waals surface area contributed by atoms with Crippen LogP contribution in [0.4, 0.5) is 5.69 Å². The zero-order valence-electron chi connectivity index (χ0n) is 12.9. The highest BCUT2D eigenvalue weighted by atomic mass is 32.2. The molecule has 1 aliphatic heterocycles. The van der Waals surface area contributed by atoms with Crippen LogP contribution in [-0.4, -0.2) is 31.6 Å². The van der Waals surface area contributed by atoms with Crippen LogP contribution in [0, 0.1) is 16.0 Å². The van der Waals surface area contributed by atoms with Gasteiger partial charge in [0, 0.05) is 18.7 Å². The molecule has 2 atom stereocenters. The van der Waals surface area contributed by atoms with E-state index in [1.807, 2.05) is 6.92 Å². The Kier molecular flexibility index (Phi) is 4.16. The fourth-order valence-corrected chi connectivity index (χ4v) is 4.85. The molecular weight excluding hydrogens is 320 g/mol. The van der Waals surface area contributed by atoms with Crippen molar-refractivity contribution >= 4 is 15.7 Å². The Balaban J connectivity index is 1.70. The molecule has 3 rings (SSSR count). The van der Waals surface area contributed by atoms with Crippen molar-refractivity contribution in [1.29, 1.82) is 0 Å². The molecular formula is C15H20N2O5S. The van der Waals surface area contributed by atoms with E-state index in [1.165, 1.54) is 24.3 Å². The molecule has 1 aromatic rings. The van der Waals surface area contributed by atoms with Crippen molar-refractivity contribution in [2.75, 3.05) is 6.61 Å². The Bertz CT molecular complexity index is 699. The summed E-state index contributed by atoms with van der Waals surface area (Å²) in [7, 11) is -3.55. The SMILES string of the molecule is C[C@]1(NS(=O)(=O)Cc2ccc([N+](=O)[O-])cc2)CCO[C@H]1C1CC1. The number of hydrogen-bond donors (Lipinski definition) is 1. The van der Waals surface area contributed by atoms with Gasteiger partial charge in [-0.3, -0.25) is 10.1 Å². The zero-order valence-corrected chi connectivity index (χ0v) is 13.7. The maximum absolute atomic E-state index is 12.5. The molecule has 0 amide bonds. The van der Waals surface area contributed by atoms with Crippen LogP contribution in [0.1, 0.15) is 31.7 Å². The number of rotatable bonds is 6. The van der Waals surface area contributed by atoms with Crippen LogP contribution in [0.25, 0.3) is 0 Å². The topological polar surface area (TPSA) is 98.5 Å². The molecule has 0 spiro atoms. The summed E-state index contributed by atoms with van der Waals surface area (Å²) in [5.41, 5.74) is -0.0986. The molecule has 0 radical (unpaired) electrons. The van der Waals surface area contributed by atoms with Gasteiger partial charge in [0.05, 0.1) is 22.3 Å². The van der Waals surface area contributed by atoms with E-state index < -0.39 is 20.5 Å². The van der Waals surface area contributed by atoms with Crippen LogP contribution in [-0.2, 0) is 20.5 Å². The Morgan fingerprint density at radius 3 is 2.57 bits per heavy atom. The van der Waals surface area contributed by atoms with Crippen molar-refractivity contribution < 1.29 is 18.1 Å². The number of nitrogens with zero attached hydrogens (tertiary/aromatic N) is 1. The second-order valence-corrected chi connectivity index (χ2v) is 8.30. The first-order chi connectivity index (χ1) is 10.8. The van der Waals surface area contributed by atoms with Crippen LogP contribution >= 0.6 is 0 Å². The third-order valence-electron chi connectivity index (χ3n) is 4.49. The van der Waals surface area contributed by atoms with Gasteiger partial charge in [0.2, 0.25) is 10.0 Å². The van der Waals surface area contributed by atoms with Gasteiger partial charge < -0.3 is 4.74 Å². The Hall–Kier alpha value is -1.51. The van der Waals surface area contributed by atoms with Crippen LogP contribution in [0.15, 0.2) is 24.3 Å². The maximum atomic E-state index is 12.5. The van der Waals surface area contributed by atoms with E-state index in [0.717, 1.165) is 12.8 Å². The molecule has 2 aliphatic rings. The lowest BCUT2D eigenvalue weighted by Gasteiger charge is -2.31. The summed E-state index contributed by atoms with van der Waals surface area (Å²) in [5, 5.41) is 10.6. The van der Waals surface area contributed by atoms with Crippen molar-refractivity contribution in [2.45, 2.75) is 43.6 Å². The Morgan fingerprint density at radius 2 is 2.00 bits per heavy atom. The molecule has 1 N–H and O–H groups in total. The van der Waals surface area contributed by atoms with Gasteiger partial charge in [-0.1, -0.05) is 12.1 Å². The fourth-order valence-electron chi connectivity index (χ4n) is 3.21. The summed E-state index contributed by atoms with van der Waals surface area (Å²) in [5.74, 6) is 0.252. The highest BCUT2D eigenvalue weighted by molar-refractivity contribution is 7.88. The van der Waals surface area contributed by atoms with Crippen LogP contribution in [0.5, 0.6) is 0 Å². The molecule has 1 saturated carbocycles. The third kappa shape index (κ3) is 3.70. The summed E-state index contributed by atoms with van der Waals surface area (Å²) < 4.78 is 33.5. The molecule has 0 unspecified atom stereocenters. The van der Waals surface area contributed by atoms with E-state index >= 15 is 0 Å². The van der Waals surface area contributed by atoms with Crippen molar-refractivity contribution in [3.05, 3.63) is 39.9 Å². The molecule has 1 aliphatic carbocycles. The van der Waals surface area contributed by atoms with Gasteiger partial charge in [0.1, 0.15) is 0 Å². The number of nitrogens with one attached hydrogen (secondary N) is 1. The minimum absolute atomic E-state index is 0.0518. The average molecular weight is 340 g/mol. The molecule has 1 heterocycles. The molecule has 8 heteroatoms. The van der Waals surface area contributed by atoms with E-state index in [4.69, 9.17) is 4.74 Å².